The first-order valence-corrected chi connectivity index (χ1v) is 14.6. The number of aromatic nitrogens is 2. The Balaban J connectivity index is 1.50. The number of carbonyl (C=O) groups is 1. The first-order chi connectivity index (χ1) is 18.6. The molecule has 0 saturated carbocycles. The van der Waals surface area contributed by atoms with Gasteiger partial charge in [0.05, 0.1) is 17.1 Å². The Morgan fingerprint density at radius 3 is 2.28 bits per heavy atom. The number of hydrogen-bond donors (Lipinski definition) is 0. The second-order valence-electron chi connectivity index (χ2n) is 10.4. The number of para-hydroxylation sites is 1. The van der Waals surface area contributed by atoms with Crippen molar-refractivity contribution in [2.45, 2.75) is 52.1 Å². The number of hydrogen-bond acceptors (Lipinski definition) is 4. The second-order valence-corrected chi connectivity index (χ2v) is 12.3. The van der Waals surface area contributed by atoms with Crippen LogP contribution in [-0.4, -0.2) is 35.0 Å². The summed E-state index contributed by atoms with van der Waals surface area (Å²) in [5.74, 6) is -0.133. The molecule has 5 rings (SSSR count). The van der Waals surface area contributed by atoms with Gasteiger partial charge in [-0.05, 0) is 74.7 Å². The zero-order chi connectivity index (χ0) is 27.9. The highest BCUT2D eigenvalue weighted by Gasteiger charge is 2.34. The van der Waals surface area contributed by atoms with E-state index in [9.17, 15) is 13.2 Å². The van der Waals surface area contributed by atoms with Gasteiger partial charge in [-0.25, -0.2) is 8.42 Å². The third-order valence-corrected chi connectivity index (χ3v) is 9.61. The molecule has 0 spiro atoms. The minimum absolute atomic E-state index is 0.133. The number of carbonyl (C=O) groups excluding carboxylic acids is 1. The van der Waals surface area contributed by atoms with Crippen molar-refractivity contribution in [3.8, 4) is 0 Å². The Morgan fingerprint density at radius 2 is 1.59 bits per heavy atom. The lowest BCUT2D eigenvalue weighted by molar-refractivity contribution is 0.0984. The molecule has 1 aliphatic heterocycles. The van der Waals surface area contributed by atoms with Crippen molar-refractivity contribution in [3.05, 3.63) is 111 Å². The van der Waals surface area contributed by atoms with Crippen LogP contribution in [0.3, 0.4) is 0 Å². The summed E-state index contributed by atoms with van der Waals surface area (Å²) < 4.78 is 31.0. The molecular formula is C31H34N4O3S. The maximum atomic E-state index is 13.8. The summed E-state index contributed by atoms with van der Waals surface area (Å²) in [5, 5.41) is 4.78. The summed E-state index contributed by atoms with van der Waals surface area (Å²) in [6, 6.07) is 20.8. The Morgan fingerprint density at radius 1 is 0.923 bits per heavy atom. The van der Waals surface area contributed by atoms with E-state index in [-0.39, 0.29) is 19.0 Å². The van der Waals surface area contributed by atoms with Crippen LogP contribution in [0.2, 0.25) is 0 Å². The monoisotopic (exact) mass is 542 g/mol. The van der Waals surface area contributed by atoms with Gasteiger partial charge in [0.25, 0.3) is 5.91 Å². The van der Waals surface area contributed by atoms with Gasteiger partial charge >= 0.3 is 0 Å². The number of benzene rings is 3. The third-order valence-electron chi connectivity index (χ3n) is 7.62. The molecule has 1 aliphatic rings. The van der Waals surface area contributed by atoms with Gasteiger partial charge < -0.3 is 4.90 Å². The summed E-state index contributed by atoms with van der Waals surface area (Å²) in [4.78, 5) is 15.8. The average Bonchev–Trinajstić information content (AvgIpc) is 3.24. The summed E-state index contributed by atoms with van der Waals surface area (Å²) >= 11 is 0. The number of aryl methyl sites for hydroxylation is 5. The quantitative estimate of drug-likeness (QED) is 0.334. The topological polar surface area (TPSA) is 75.5 Å². The van der Waals surface area contributed by atoms with E-state index in [1.54, 1.807) is 15.3 Å². The fourth-order valence-corrected chi connectivity index (χ4v) is 6.92. The van der Waals surface area contributed by atoms with Gasteiger partial charge in [0.2, 0.25) is 10.0 Å². The molecule has 0 bridgehead atoms. The van der Waals surface area contributed by atoms with E-state index in [0.717, 1.165) is 39.2 Å². The van der Waals surface area contributed by atoms with E-state index in [4.69, 9.17) is 5.10 Å². The highest BCUT2D eigenvalue weighted by molar-refractivity contribution is 7.89. The van der Waals surface area contributed by atoms with Crippen molar-refractivity contribution in [3.63, 3.8) is 0 Å². The first-order valence-electron chi connectivity index (χ1n) is 13.1. The summed E-state index contributed by atoms with van der Waals surface area (Å²) in [7, 11) is -1.83. The molecule has 0 N–H and O–H groups in total. The molecular weight excluding hydrogens is 508 g/mol. The molecule has 0 saturated heterocycles. The van der Waals surface area contributed by atoms with Crippen LogP contribution >= 0.6 is 0 Å². The van der Waals surface area contributed by atoms with Crippen LogP contribution in [0.25, 0.3) is 0 Å². The van der Waals surface area contributed by atoms with Crippen LogP contribution in [0.15, 0.2) is 71.6 Å². The largest absolute Gasteiger partial charge is 0.302 e. The normalized spacial score (nSPS) is 13.8. The molecule has 3 aromatic carbocycles. The molecule has 1 amide bonds. The molecule has 2 heterocycles. The van der Waals surface area contributed by atoms with Gasteiger partial charge in [-0.1, -0.05) is 42.0 Å². The van der Waals surface area contributed by atoms with Crippen molar-refractivity contribution in [2.75, 3.05) is 11.4 Å². The molecule has 0 unspecified atom stereocenters. The van der Waals surface area contributed by atoms with E-state index in [1.165, 1.54) is 0 Å². The van der Waals surface area contributed by atoms with Gasteiger partial charge in [0.15, 0.2) is 0 Å². The first kappa shape index (κ1) is 26.8. The minimum Gasteiger partial charge on any atom is -0.302 e. The lowest BCUT2D eigenvalue weighted by Crippen LogP contribution is -2.37. The van der Waals surface area contributed by atoms with Crippen LogP contribution in [0.4, 0.5) is 5.69 Å². The van der Waals surface area contributed by atoms with E-state index >= 15 is 0 Å². The predicted octanol–water partition coefficient (Wildman–Crippen LogP) is 5.25. The number of rotatable bonds is 6. The van der Waals surface area contributed by atoms with Crippen molar-refractivity contribution in [1.29, 1.82) is 0 Å². The third kappa shape index (κ3) is 5.14. The number of anilines is 1. The van der Waals surface area contributed by atoms with Crippen molar-refractivity contribution >= 4 is 21.6 Å². The van der Waals surface area contributed by atoms with E-state index in [0.29, 0.717) is 29.1 Å². The van der Waals surface area contributed by atoms with Crippen LogP contribution in [0, 0.1) is 27.7 Å². The molecule has 0 aliphatic carbocycles. The molecule has 1 aromatic heterocycles. The summed E-state index contributed by atoms with van der Waals surface area (Å²) in [5.41, 5.74) is 7.76. The number of fused-ring (bicyclic) bond motifs is 1. The number of nitrogens with zero attached hydrogens (tertiary/aromatic N) is 4. The average molecular weight is 543 g/mol. The highest BCUT2D eigenvalue weighted by Crippen LogP contribution is 2.31. The van der Waals surface area contributed by atoms with E-state index in [2.05, 4.69) is 0 Å². The second kappa shape index (κ2) is 10.4. The van der Waals surface area contributed by atoms with Gasteiger partial charge in [-0.2, -0.15) is 9.40 Å². The summed E-state index contributed by atoms with van der Waals surface area (Å²) in [6.45, 7) is 8.59. The number of amides is 1. The van der Waals surface area contributed by atoms with Crippen molar-refractivity contribution < 1.29 is 13.2 Å². The Kier molecular flexibility index (Phi) is 7.18. The van der Waals surface area contributed by atoms with Gasteiger partial charge in [-0.15, -0.1) is 0 Å². The van der Waals surface area contributed by atoms with E-state index < -0.39 is 10.0 Å². The maximum Gasteiger partial charge on any atom is 0.258 e. The van der Waals surface area contributed by atoms with Gasteiger partial charge in [0, 0.05) is 49.1 Å². The molecule has 0 radical (unpaired) electrons. The standard InChI is InChI=1S/C31H34N4O3S/c1-21-11-13-25(14-12-21)31(36)35(26-9-7-6-8-10-26)20-28-27-19-34(16-15-29(27)33(5)32-28)39(37,38)30-18-23(3)22(2)17-24(30)4/h6-14,17-18H,15-16,19-20H2,1-5H3. The highest BCUT2D eigenvalue weighted by atomic mass is 32.2. The van der Waals surface area contributed by atoms with Crippen molar-refractivity contribution in [2.24, 2.45) is 7.05 Å². The zero-order valence-electron chi connectivity index (χ0n) is 23.1. The fraction of sp³-hybridized carbons (Fsp3) is 0.290. The lowest BCUT2D eigenvalue weighted by Gasteiger charge is -2.28. The fourth-order valence-electron chi connectivity index (χ4n) is 5.22. The predicted molar refractivity (Wildman–Crippen MR) is 153 cm³/mol. The molecule has 7 nitrogen and oxygen atoms in total. The minimum atomic E-state index is -3.71. The SMILES string of the molecule is Cc1ccc(C(=O)N(Cc2nn(C)c3c2CN(S(=O)(=O)c2cc(C)c(C)cc2C)CC3)c2ccccc2)cc1. The molecule has 39 heavy (non-hydrogen) atoms. The Bertz CT molecular complexity index is 1640. The van der Waals surface area contributed by atoms with Gasteiger partial charge in [-0.3, -0.25) is 9.48 Å². The zero-order valence-corrected chi connectivity index (χ0v) is 23.9. The lowest BCUT2D eigenvalue weighted by atomic mass is 10.1. The summed E-state index contributed by atoms with van der Waals surface area (Å²) in [6.07, 6.45) is 0.555. The molecule has 202 valence electrons. The maximum absolute atomic E-state index is 13.8. The molecule has 8 heteroatoms. The number of sulfonamides is 1. The van der Waals surface area contributed by atoms with Crippen molar-refractivity contribution in [1.82, 2.24) is 14.1 Å². The smallest absolute Gasteiger partial charge is 0.258 e. The van der Waals surface area contributed by atoms with Crippen LogP contribution in [0.1, 0.15) is 49.6 Å². The van der Waals surface area contributed by atoms with Gasteiger partial charge in [0.1, 0.15) is 0 Å². The van der Waals surface area contributed by atoms with Crippen LogP contribution in [0.5, 0.6) is 0 Å². The van der Waals surface area contributed by atoms with E-state index in [1.807, 2.05) is 100 Å². The van der Waals surface area contributed by atoms with Crippen LogP contribution < -0.4 is 4.90 Å². The molecule has 0 fully saturated rings. The Hall–Kier alpha value is -3.75. The van der Waals surface area contributed by atoms with Crippen LogP contribution in [-0.2, 0) is 36.6 Å². The Labute approximate surface area is 230 Å². The molecule has 0 atom stereocenters. The molecule has 4 aromatic rings.